The molecule has 0 unspecified atom stereocenters. The molecule has 0 saturated carbocycles. The van der Waals surface area contributed by atoms with Crippen molar-refractivity contribution in [3.63, 3.8) is 0 Å². The molecule has 248 valence electrons. The van der Waals surface area contributed by atoms with Crippen LogP contribution in [-0.2, 0) is 27.9 Å². The van der Waals surface area contributed by atoms with Crippen LogP contribution in [-0.4, -0.2) is 57.5 Å². The summed E-state index contributed by atoms with van der Waals surface area (Å²) in [7, 11) is 1.79. The molecule has 0 saturated heterocycles. The first-order valence-electron chi connectivity index (χ1n) is 20.9. The summed E-state index contributed by atoms with van der Waals surface area (Å²) >= 11 is 0. The van der Waals surface area contributed by atoms with Gasteiger partial charge in [-0.2, -0.15) is 0 Å². The maximum absolute atomic E-state index is 13.7. The third-order valence-electron chi connectivity index (χ3n) is 6.53. The lowest BCUT2D eigenvalue weighted by Crippen LogP contribution is -2.34. The number of amidine groups is 1. The third kappa shape index (κ3) is 9.86. The molecule has 47 heavy (non-hydrogen) atoms. The molecule has 0 fully saturated rings. The summed E-state index contributed by atoms with van der Waals surface area (Å²) in [4.78, 5) is 49.0. The number of ether oxygens (including phenoxy) is 2. The zero-order valence-electron chi connectivity index (χ0n) is 38.9. The number of fused-ring (bicyclic) bond motifs is 1. The average Bonchev–Trinajstić information content (AvgIpc) is 3.47. The standard InChI is InChI=1S/C35H43N7O5/c1-5-6-7-10-21-46-35(45)40-33(36)25-12-15-27(16-13-25)38-23-31-39-28-22-26(14-17-29(28)41(31)4)34(44)42(30-11-8-9-19-37-30)20-18-32(43)47-24(2)3/h8-9,11-17,19,22,24,38H,5-7,10,18,20-21,23H2,1-4H3,(H2,36,40,45)/i1D3,5D2,6D2,7D2,10D2,21D2. The highest BCUT2D eigenvalue weighted by Gasteiger charge is 2.22. The van der Waals surface area contributed by atoms with Crippen molar-refractivity contribution in [3.8, 4) is 0 Å². The summed E-state index contributed by atoms with van der Waals surface area (Å²) in [5, 5.41) is 13.3. The Morgan fingerprint density at radius 1 is 1.06 bits per heavy atom. The Balaban J connectivity index is 1.41. The number of hydrogen-bond acceptors (Lipinski definition) is 9. The number of aryl methyl sites for hydroxylation is 1. The van der Waals surface area contributed by atoms with Crippen LogP contribution in [0.5, 0.6) is 0 Å². The number of imidazole rings is 1. The Bertz CT molecular complexity index is 2220. The van der Waals surface area contributed by atoms with Gasteiger partial charge in [0.25, 0.3) is 5.91 Å². The van der Waals surface area contributed by atoms with Gasteiger partial charge in [-0.15, -0.1) is 0 Å². The minimum absolute atomic E-state index is 0.0336. The lowest BCUT2D eigenvalue weighted by atomic mass is 10.1. The number of alkyl carbamates (subject to hydrolysis) is 1. The van der Waals surface area contributed by atoms with E-state index < -0.39 is 62.7 Å². The Labute approximate surface area is 293 Å². The van der Waals surface area contributed by atoms with Gasteiger partial charge in [0, 0.05) is 51.7 Å². The van der Waals surface area contributed by atoms with Crippen LogP contribution in [0, 0.1) is 5.41 Å². The normalized spacial score (nSPS) is 16.8. The smallest absolute Gasteiger partial charge is 0.412 e. The molecule has 0 bridgehead atoms. The van der Waals surface area contributed by atoms with Crippen LogP contribution in [0.3, 0.4) is 0 Å². The van der Waals surface area contributed by atoms with E-state index in [0.29, 0.717) is 28.4 Å². The molecule has 2 heterocycles. The van der Waals surface area contributed by atoms with Crippen molar-refractivity contribution in [2.75, 3.05) is 23.3 Å². The third-order valence-corrected chi connectivity index (χ3v) is 6.53. The van der Waals surface area contributed by atoms with E-state index in [2.05, 4.69) is 20.0 Å². The fourth-order valence-electron chi connectivity index (χ4n) is 4.35. The fraction of sp³-hybridized carbons (Fsp3) is 0.371. The molecular weight excluding hydrogens is 598 g/mol. The number of benzene rings is 2. The predicted molar refractivity (Wildman–Crippen MR) is 182 cm³/mol. The van der Waals surface area contributed by atoms with Crippen LogP contribution in [0.1, 0.15) is 92.2 Å². The number of hydrogen-bond donors (Lipinski definition) is 3. The molecule has 2 amide bonds. The quantitative estimate of drug-likeness (QED) is 0.0779. The average molecular weight is 655 g/mol. The van der Waals surface area contributed by atoms with E-state index in [1.807, 2.05) is 9.88 Å². The van der Waals surface area contributed by atoms with Crippen molar-refractivity contribution in [3.05, 3.63) is 83.8 Å². The molecule has 0 spiro atoms. The summed E-state index contributed by atoms with van der Waals surface area (Å²) < 4.78 is 112. The maximum Gasteiger partial charge on any atom is 0.412 e. The minimum Gasteiger partial charge on any atom is -0.463 e. The molecule has 2 aromatic carbocycles. The molecule has 0 radical (unpaired) electrons. The zero-order chi connectivity index (χ0) is 45.2. The summed E-state index contributed by atoms with van der Waals surface area (Å²) in [6.07, 6.45) is -17.2. The second-order valence-corrected chi connectivity index (χ2v) is 10.1. The van der Waals surface area contributed by atoms with Crippen LogP contribution < -0.4 is 15.5 Å². The first kappa shape index (κ1) is 20.8. The molecule has 4 rings (SSSR count). The highest BCUT2D eigenvalue weighted by atomic mass is 16.5. The van der Waals surface area contributed by atoms with E-state index >= 15 is 0 Å². The number of pyridine rings is 1. The Hall–Kier alpha value is -5.26. The van der Waals surface area contributed by atoms with Gasteiger partial charge in [0.15, 0.2) is 0 Å². The van der Waals surface area contributed by atoms with Gasteiger partial charge >= 0.3 is 12.1 Å². The summed E-state index contributed by atoms with van der Waals surface area (Å²) in [5.74, 6) is -0.567. The number of rotatable bonds is 15. The molecule has 12 nitrogen and oxygen atoms in total. The van der Waals surface area contributed by atoms with Crippen molar-refractivity contribution in [2.24, 2.45) is 7.05 Å². The van der Waals surface area contributed by atoms with Crippen molar-refractivity contribution < 1.29 is 41.7 Å². The topological polar surface area (TPSA) is 152 Å². The Morgan fingerprint density at radius 2 is 1.85 bits per heavy atom. The van der Waals surface area contributed by atoms with Gasteiger partial charge in [-0.05, 0) is 74.8 Å². The lowest BCUT2D eigenvalue weighted by Gasteiger charge is -2.21. The highest BCUT2D eigenvalue weighted by Crippen LogP contribution is 2.21. The zero-order valence-corrected chi connectivity index (χ0v) is 25.9. The van der Waals surface area contributed by atoms with E-state index in [9.17, 15) is 14.4 Å². The predicted octanol–water partition coefficient (Wildman–Crippen LogP) is 6.20. The highest BCUT2D eigenvalue weighted by molar-refractivity contribution is 6.07. The number of carbonyl (C=O) groups excluding carboxylic acids is 3. The molecule has 0 atom stereocenters. The van der Waals surface area contributed by atoms with Crippen LogP contribution in [0.25, 0.3) is 11.0 Å². The minimum atomic E-state index is -4.23. The van der Waals surface area contributed by atoms with E-state index in [1.54, 1.807) is 63.5 Å². The largest absolute Gasteiger partial charge is 0.463 e. The van der Waals surface area contributed by atoms with Gasteiger partial charge in [-0.1, -0.05) is 32.0 Å². The Kier molecular flexibility index (Phi) is 7.46. The number of carbonyl (C=O) groups is 3. The SMILES string of the molecule is [2H]C([2H])([2H])C([2H])([2H])C([2H])([2H])C([2H])([2H])C([2H])([2H])C([2H])([2H])OC(=O)NC(=N)c1ccc(NCc2nc3cc(C(=O)N(CCC(=O)OC(C)C)c4ccccn4)ccc3n2C)cc1. The molecule has 0 aliphatic rings. The number of esters is 1. The van der Waals surface area contributed by atoms with Crippen molar-refractivity contribution in [1.82, 2.24) is 19.9 Å². The number of anilines is 2. The van der Waals surface area contributed by atoms with Gasteiger partial charge in [0.1, 0.15) is 17.5 Å². The van der Waals surface area contributed by atoms with E-state index in [4.69, 9.17) is 28.0 Å². The summed E-state index contributed by atoms with van der Waals surface area (Å²) in [6, 6.07) is 16.0. The maximum atomic E-state index is 13.7. The van der Waals surface area contributed by atoms with Gasteiger partial charge in [-0.25, -0.2) is 14.8 Å². The van der Waals surface area contributed by atoms with Gasteiger partial charge in [0.05, 0.1) is 39.4 Å². The van der Waals surface area contributed by atoms with Crippen LogP contribution >= 0.6 is 0 Å². The van der Waals surface area contributed by atoms with Crippen LogP contribution in [0.15, 0.2) is 66.9 Å². The van der Waals surface area contributed by atoms with E-state index in [0.717, 1.165) is 5.52 Å². The number of nitrogens with one attached hydrogen (secondary N) is 3. The van der Waals surface area contributed by atoms with Crippen molar-refractivity contribution in [1.29, 1.82) is 5.41 Å². The first-order chi connectivity index (χ1) is 27.6. The van der Waals surface area contributed by atoms with Crippen LogP contribution in [0.2, 0.25) is 0 Å². The number of amides is 2. The Morgan fingerprint density at radius 3 is 2.57 bits per heavy atom. The van der Waals surface area contributed by atoms with Gasteiger partial charge in [-0.3, -0.25) is 25.2 Å². The number of aromatic nitrogens is 3. The first-order valence-corrected chi connectivity index (χ1v) is 14.4. The molecule has 4 aromatic rings. The molecule has 2 aromatic heterocycles. The summed E-state index contributed by atoms with van der Waals surface area (Å²) in [5.41, 5.74) is 2.16. The van der Waals surface area contributed by atoms with Crippen LogP contribution in [0.4, 0.5) is 16.3 Å². The van der Waals surface area contributed by atoms with Crippen molar-refractivity contribution in [2.45, 2.75) is 65.3 Å². The number of nitrogens with zero attached hydrogens (tertiary/aromatic N) is 4. The second-order valence-electron chi connectivity index (χ2n) is 10.1. The fourth-order valence-corrected chi connectivity index (χ4v) is 4.35. The van der Waals surface area contributed by atoms with Crippen molar-refractivity contribution >= 4 is 46.3 Å². The van der Waals surface area contributed by atoms with Gasteiger partial charge in [0.2, 0.25) is 0 Å². The lowest BCUT2D eigenvalue weighted by molar-refractivity contribution is -0.147. The molecule has 3 N–H and O–H groups in total. The van der Waals surface area contributed by atoms with E-state index in [-0.39, 0.29) is 31.2 Å². The van der Waals surface area contributed by atoms with E-state index in [1.165, 1.54) is 29.2 Å². The second kappa shape index (κ2) is 16.9. The molecule has 12 heteroatoms. The monoisotopic (exact) mass is 654 g/mol. The molecular formula is C35H43N7O5. The molecule has 0 aliphatic carbocycles. The molecule has 0 aliphatic heterocycles. The summed E-state index contributed by atoms with van der Waals surface area (Å²) in [6.45, 7) is -4.10. The van der Waals surface area contributed by atoms with Gasteiger partial charge < -0.3 is 19.4 Å².